The van der Waals surface area contributed by atoms with Crippen molar-refractivity contribution < 1.29 is 9.53 Å². The van der Waals surface area contributed by atoms with E-state index in [9.17, 15) is 4.79 Å². The Morgan fingerprint density at radius 2 is 2.03 bits per heavy atom. The largest absolute Gasteiger partial charge is 0.383 e. The number of piperidine rings is 1. The third kappa shape index (κ3) is 6.86. The van der Waals surface area contributed by atoms with Crippen LogP contribution in [0.3, 0.4) is 0 Å². The van der Waals surface area contributed by atoms with Crippen LogP contribution < -0.4 is 0 Å². The zero-order chi connectivity index (χ0) is 20.6. The summed E-state index contributed by atoms with van der Waals surface area (Å²) in [6, 6.07) is 2.80. The molecule has 0 radical (unpaired) electrons. The molecule has 0 aromatic carbocycles. The molecule has 1 aromatic heterocycles. The van der Waals surface area contributed by atoms with Crippen molar-refractivity contribution in [3.05, 3.63) is 21.9 Å². The first-order valence-corrected chi connectivity index (χ1v) is 12.2. The number of ether oxygens (including phenoxy) is 1. The van der Waals surface area contributed by atoms with Gasteiger partial charge in [-0.05, 0) is 81.7 Å². The summed E-state index contributed by atoms with van der Waals surface area (Å²) >= 11 is 1.60. The summed E-state index contributed by atoms with van der Waals surface area (Å²) in [5.74, 6) is 0.959. The van der Waals surface area contributed by atoms with Crippen LogP contribution in [0, 0.1) is 5.92 Å². The number of rotatable bonds is 11. The van der Waals surface area contributed by atoms with Crippen molar-refractivity contribution in [2.75, 3.05) is 59.5 Å². The van der Waals surface area contributed by atoms with E-state index < -0.39 is 0 Å². The lowest BCUT2D eigenvalue weighted by Crippen LogP contribution is -2.44. The first-order valence-electron chi connectivity index (χ1n) is 11.3. The van der Waals surface area contributed by atoms with Crippen molar-refractivity contribution in [2.24, 2.45) is 5.92 Å². The number of methoxy groups -OCH3 is 1. The Kier molecular flexibility index (Phi) is 9.12. The number of carbonyl (C=O) groups excluding carboxylic acids is 1. The molecule has 1 atom stereocenters. The maximum absolute atomic E-state index is 11.7. The van der Waals surface area contributed by atoms with E-state index in [1.807, 2.05) is 0 Å². The van der Waals surface area contributed by atoms with Gasteiger partial charge in [0.15, 0.2) is 5.78 Å². The van der Waals surface area contributed by atoms with Gasteiger partial charge in [0.2, 0.25) is 0 Å². The highest BCUT2D eigenvalue weighted by molar-refractivity contribution is 7.12. The van der Waals surface area contributed by atoms with Crippen molar-refractivity contribution in [2.45, 2.75) is 52.1 Å². The van der Waals surface area contributed by atoms with Gasteiger partial charge in [-0.15, -0.1) is 11.3 Å². The molecule has 0 saturated carbocycles. The molecule has 0 spiro atoms. The normalized spacial score (nSPS) is 22.0. The Morgan fingerprint density at radius 1 is 1.24 bits per heavy atom. The fraction of sp³-hybridized carbons (Fsp3) is 0.783. The van der Waals surface area contributed by atoms with Crippen LogP contribution in [0.15, 0.2) is 11.4 Å². The lowest BCUT2D eigenvalue weighted by Gasteiger charge is -2.36. The minimum absolute atomic E-state index is 0.184. The van der Waals surface area contributed by atoms with Crippen molar-refractivity contribution in [1.29, 1.82) is 0 Å². The van der Waals surface area contributed by atoms with E-state index in [1.54, 1.807) is 25.4 Å². The molecule has 2 saturated heterocycles. The summed E-state index contributed by atoms with van der Waals surface area (Å²) in [6.45, 7) is 14.0. The number of hydrogen-bond acceptors (Lipinski definition) is 6. The molecule has 6 heteroatoms. The molecule has 0 N–H and O–H groups in total. The highest BCUT2D eigenvalue weighted by Gasteiger charge is 2.27. The summed E-state index contributed by atoms with van der Waals surface area (Å²) in [5, 5.41) is 2.18. The topological polar surface area (TPSA) is 36.0 Å². The van der Waals surface area contributed by atoms with Gasteiger partial charge in [0.05, 0.1) is 11.5 Å². The van der Waals surface area contributed by atoms with Gasteiger partial charge >= 0.3 is 0 Å². The van der Waals surface area contributed by atoms with Crippen LogP contribution in [-0.4, -0.2) is 86.1 Å². The second kappa shape index (κ2) is 11.6. The second-order valence-electron chi connectivity index (χ2n) is 8.77. The predicted molar refractivity (Wildman–Crippen MR) is 121 cm³/mol. The van der Waals surface area contributed by atoms with E-state index in [1.165, 1.54) is 57.4 Å². The quantitative estimate of drug-likeness (QED) is 0.510. The summed E-state index contributed by atoms with van der Waals surface area (Å²) in [6.07, 6.45) is 5.22. The number of likely N-dealkylation sites (N-methyl/N-ethyl adjacent to an activating group) is 1. The number of Topliss-reactive ketones (excluding diaryl/α,β-unsaturated/α-hetero) is 1. The van der Waals surface area contributed by atoms with Gasteiger partial charge in [-0.3, -0.25) is 14.6 Å². The molecule has 2 aliphatic rings. The third-order valence-corrected chi connectivity index (χ3v) is 7.70. The SMILES string of the molecule is CCN1CCCC1CN(Cc1csc(C(C)=O)c1)CC1CCN(CCOC)CC1. The van der Waals surface area contributed by atoms with Gasteiger partial charge in [0.25, 0.3) is 0 Å². The molecule has 0 bridgehead atoms. The van der Waals surface area contributed by atoms with Crippen LogP contribution in [-0.2, 0) is 11.3 Å². The summed E-state index contributed by atoms with van der Waals surface area (Å²) in [7, 11) is 1.79. The maximum atomic E-state index is 11.7. The molecule has 1 unspecified atom stereocenters. The van der Waals surface area contributed by atoms with Crippen LogP contribution >= 0.6 is 11.3 Å². The zero-order valence-corrected chi connectivity index (χ0v) is 19.4. The molecular formula is C23H39N3O2S. The standard InChI is InChI=1S/C23H39N3O2S/c1-4-26-9-5-6-22(26)17-25(16-21-14-23(19(2)27)29-18-21)15-20-7-10-24(11-8-20)12-13-28-3/h14,18,20,22H,4-13,15-17H2,1-3H3. The van der Waals surface area contributed by atoms with Gasteiger partial charge in [-0.2, -0.15) is 0 Å². The Hall–Kier alpha value is -0.790. The van der Waals surface area contributed by atoms with Crippen LogP contribution in [0.4, 0.5) is 0 Å². The van der Waals surface area contributed by atoms with Crippen LogP contribution in [0.2, 0.25) is 0 Å². The van der Waals surface area contributed by atoms with E-state index in [-0.39, 0.29) is 5.78 Å². The van der Waals surface area contributed by atoms with E-state index in [4.69, 9.17) is 4.74 Å². The Bertz CT molecular complexity index is 627. The average Bonchev–Trinajstić information content (AvgIpc) is 3.36. The minimum atomic E-state index is 0.184. The number of thiophene rings is 1. The molecule has 2 fully saturated rings. The lowest BCUT2D eigenvalue weighted by molar-refractivity contribution is 0.0964. The van der Waals surface area contributed by atoms with Crippen molar-refractivity contribution in [3.8, 4) is 0 Å². The molecule has 1 aromatic rings. The highest BCUT2D eigenvalue weighted by atomic mass is 32.1. The van der Waals surface area contributed by atoms with Crippen LogP contribution in [0.1, 0.15) is 54.8 Å². The van der Waals surface area contributed by atoms with Crippen molar-refractivity contribution >= 4 is 17.1 Å². The second-order valence-corrected chi connectivity index (χ2v) is 9.68. The van der Waals surface area contributed by atoms with Crippen LogP contribution in [0.25, 0.3) is 0 Å². The third-order valence-electron chi connectivity index (χ3n) is 6.62. The minimum Gasteiger partial charge on any atom is -0.383 e. The zero-order valence-electron chi connectivity index (χ0n) is 18.6. The van der Waals surface area contributed by atoms with Gasteiger partial charge in [-0.1, -0.05) is 6.92 Å². The average molecular weight is 422 g/mol. The first kappa shape index (κ1) is 22.9. The molecule has 3 heterocycles. The predicted octanol–water partition coefficient (Wildman–Crippen LogP) is 3.60. The van der Waals surface area contributed by atoms with E-state index in [2.05, 4.69) is 33.1 Å². The van der Waals surface area contributed by atoms with Crippen molar-refractivity contribution in [1.82, 2.24) is 14.7 Å². The Morgan fingerprint density at radius 3 is 2.69 bits per heavy atom. The van der Waals surface area contributed by atoms with E-state index in [0.717, 1.165) is 43.6 Å². The molecule has 2 aliphatic heterocycles. The number of hydrogen-bond donors (Lipinski definition) is 0. The van der Waals surface area contributed by atoms with E-state index in [0.29, 0.717) is 6.04 Å². The van der Waals surface area contributed by atoms with Gasteiger partial charge in [-0.25, -0.2) is 0 Å². The number of ketones is 1. The maximum Gasteiger partial charge on any atom is 0.169 e. The molecule has 0 aliphatic carbocycles. The Balaban J connectivity index is 1.58. The van der Waals surface area contributed by atoms with Gasteiger partial charge < -0.3 is 9.64 Å². The monoisotopic (exact) mass is 421 g/mol. The molecule has 29 heavy (non-hydrogen) atoms. The molecule has 164 valence electrons. The van der Waals surface area contributed by atoms with Crippen LogP contribution in [0.5, 0.6) is 0 Å². The highest BCUT2D eigenvalue weighted by Crippen LogP contribution is 2.24. The molecular weight excluding hydrogens is 382 g/mol. The van der Waals surface area contributed by atoms with E-state index >= 15 is 0 Å². The molecule has 0 amide bonds. The fourth-order valence-electron chi connectivity index (χ4n) is 4.90. The summed E-state index contributed by atoms with van der Waals surface area (Å²) in [5.41, 5.74) is 1.30. The Labute approximate surface area is 181 Å². The smallest absolute Gasteiger partial charge is 0.169 e. The molecule has 3 rings (SSSR count). The molecule has 5 nitrogen and oxygen atoms in total. The van der Waals surface area contributed by atoms with Crippen molar-refractivity contribution in [3.63, 3.8) is 0 Å². The summed E-state index contributed by atoms with van der Waals surface area (Å²) < 4.78 is 5.24. The lowest BCUT2D eigenvalue weighted by atomic mass is 9.95. The van der Waals surface area contributed by atoms with Gasteiger partial charge in [0.1, 0.15) is 0 Å². The number of likely N-dealkylation sites (tertiary alicyclic amines) is 2. The number of carbonyl (C=O) groups is 1. The first-order chi connectivity index (χ1) is 14.1. The number of nitrogens with zero attached hydrogens (tertiary/aromatic N) is 3. The summed E-state index contributed by atoms with van der Waals surface area (Å²) in [4.78, 5) is 20.5. The fourth-order valence-corrected chi connectivity index (χ4v) is 5.71. The van der Waals surface area contributed by atoms with Gasteiger partial charge in [0, 0.05) is 39.3 Å².